The molecule has 64 heavy (non-hydrogen) atoms. The molecule has 302 valence electrons. The summed E-state index contributed by atoms with van der Waals surface area (Å²) in [5, 5.41) is 7.07. The number of hydrogen-bond donors (Lipinski definition) is 0. The number of fused-ring (bicyclic) bond motifs is 10. The normalized spacial score (nSPS) is 13.0. The summed E-state index contributed by atoms with van der Waals surface area (Å²) in [5.41, 5.74) is 18.1. The van der Waals surface area contributed by atoms with E-state index in [0.29, 0.717) is 0 Å². The van der Waals surface area contributed by atoms with Crippen molar-refractivity contribution in [3.05, 3.63) is 230 Å². The maximum atomic E-state index is 6.98. The molecule has 12 aromatic rings. The van der Waals surface area contributed by atoms with Crippen molar-refractivity contribution in [3.8, 4) is 39.1 Å². The third-order valence-corrected chi connectivity index (χ3v) is 13.8. The van der Waals surface area contributed by atoms with Crippen molar-refractivity contribution in [2.24, 2.45) is 0 Å². The van der Waals surface area contributed by atoms with Crippen molar-refractivity contribution in [2.75, 3.05) is 4.90 Å². The van der Waals surface area contributed by atoms with E-state index in [0.717, 1.165) is 61.4 Å². The minimum Gasteiger partial charge on any atom is -0.455 e. The number of benzene rings is 10. The number of furan rings is 1. The molecule has 0 spiro atoms. The van der Waals surface area contributed by atoms with Gasteiger partial charge in [-0.25, -0.2) is 0 Å². The molecule has 0 atom stereocenters. The SMILES string of the molecule is CC1(C)c2ccccc2-c2ccc(-c3ccccc3N(c3ccc4ccccc4c3)c3ccc4c(oc5ccccc54)c3-c3ccc(-n4c5ccccc5c5ccccc54)cc3)cc21. The zero-order chi connectivity index (χ0) is 42.5. The van der Waals surface area contributed by atoms with Crippen LogP contribution in [0.2, 0.25) is 0 Å². The summed E-state index contributed by atoms with van der Waals surface area (Å²) >= 11 is 0. The number of anilines is 3. The van der Waals surface area contributed by atoms with Crippen LogP contribution in [0.4, 0.5) is 17.1 Å². The van der Waals surface area contributed by atoms with Gasteiger partial charge in [-0.1, -0.05) is 166 Å². The number of rotatable bonds is 6. The van der Waals surface area contributed by atoms with Crippen LogP contribution in [-0.2, 0) is 5.41 Å². The molecular formula is C61H42N2O. The lowest BCUT2D eigenvalue weighted by molar-refractivity contribution is 0.660. The van der Waals surface area contributed by atoms with Gasteiger partial charge in [0.05, 0.1) is 22.4 Å². The molecule has 2 heterocycles. The third-order valence-electron chi connectivity index (χ3n) is 13.8. The van der Waals surface area contributed by atoms with Gasteiger partial charge in [0.25, 0.3) is 0 Å². The topological polar surface area (TPSA) is 21.3 Å². The molecule has 0 radical (unpaired) electrons. The lowest BCUT2D eigenvalue weighted by Crippen LogP contribution is -2.15. The largest absolute Gasteiger partial charge is 0.455 e. The minimum absolute atomic E-state index is 0.125. The summed E-state index contributed by atoms with van der Waals surface area (Å²) in [6, 6.07) is 79.7. The van der Waals surface area contributed by atoms with Gasteiger partial charge in [0.15, 0.2) is 0 Å². The molecule has 0 saturated carbocycles. The van der Waals surface area contributed by atoms with Gasteiger partial charge >= 0.3 is 0 Å². The highest BCUT2D eigenvalue weighted by atomic mass is 16.3. The van der Waals surface area contributed by atoms with Crippen molar-refractivity contribution < 1.29 is 4.42 Å². The van der Waals surface area contributed by atoms with Crippen molar-refractivity contribution in [2.45, 2.75) is 19.3 Å². The predicted octanol–water partition coefficient (Wildman–Crippen LogP) is 16.9. The number of aromatic nitrogens is 1. The summed E-state index contributed by atoms with van der Waals surface area (Å²) in [5.74, 6) is 0. The number of para-hydroxylation sites is 4. The first kappa shape index (κ1) is 36.5. The second kappa shape index (κ2) is 13.9. The minimum atomic E-state index is -0.125. The summed E-state index contributed by atoms with van der Waals surface area (Å²) in [6.45, 7) is 4.71. The van der Waals surface area contributed by atoms with Crippen LogP contribution in [0.15, 0.2) is 223 Å². The highest BCUT2D eigenvalue weighted by Gasteiger charge is 2.35. The van der Waals surface area contributed by atoms with E-state index in [1.54, 1.807) is 0 Å². The first-order valence-electron chi connectivity index (χ1n) is 22.2. The van der Waals surface area contributed by atoms with Crippen LogP contribution < -0.4 is 4.90 Å². The molecule has 3 heteroatoms. The molecule has 1 aliphatic rings. The van der Waals surface area contributed by atoms with Crippen molar-refractivity contribution in [1.82, 2.24) is 4.57 Å². The van der Waals surface area contributed by atoms with Crippen molar-refractivity contribution >= 4 is 71.6 Å². The van der Waals surface area contributed by atoms with Crippen molar-refractivity contribution in [1.29, 1.82) is 0 Å². The molecular weight excluding hydrogens is 777 g/mol. The van der Waals surface area contributed by atoms with E-state index < -0.39 is 0 Å². The summed E-state index contributed by atoms with van der Waals surface area (Å²) in [4.78, 5) is 2.46. The van der Waals surface area contributed by atoms with E-state index in [2.05, 4.69) is 242 Å². The van der Waals surface area contributed by atoms with E-state index in [1.807, 2.05) is 0 Å². The average molecular weight is 819 g/mol. The van der Waals surface area contributed by atoms with E-state index in [-0.39, 0.29) is 5.41 Å². The molecule has 0 unspecified atom stereocenters. The first-order valence-corrected chi connectivity index (χ1v) is 22.2. The fraction of sp³-hybridized carbons (Fsp3) is 0.0492. The van der Waals surface area contributed by atoms with Crippen LogP contribution in [0.3, 0.4) is 0 Å². The summed E-state index contributed by atoms with van der Waals surface area (Å²) in [6.07, 6.45) is 0. The fourth-order valence-corrected chi connectivity index (χ4v) is 10.7. The quantitative estimate of drug-likeness (QED) is 0.167. The van der Waals surface area contributed by atoms with Crippen LogP contribution in [0.5, 0.6) is 0 Å². The van der Waals surface area contributed by atoms with Gasteiger partial charge in [-0.15, -0.1) is 0 Å². The summed E-state index contributed by atoms with van der Waals surface area (Å²) in [7, 11) is 0. The molecule has 13 rings (SSSR count). The Morgan fingerprint density at radius 3 is 1.84 bits per heavy atom. The second-order valence-corrected chi connectivity index (χ2v) is 17.7. The molecule has 3 nitrogen and oxygen atoms in total. The standard InChI is InChI=1S/C61H42N2O/c1-61(2)52-22-10-5-18-46(52)47-34-30-42(38-53(47)61)45-17-6-11-23-54(45)63(44-33-27-39-15-3-4-16-41(39)37-44)57-36-35-51-50-21-9-14-26-58(50)64-60(51)59(57)40-28-31-43(32-29-40)62-55-24-12-7-19-48(55)49-20-8-13-25-56(49)62/h3-38H,1-2H3. The smallest absolute Gasteiger partial charge is 0.145 e. The fourth-order valence-electron chi connectivity index (χ4n) is 10.7. The average Bonchev–Trinajstić information content (AvgIpc) is 3.97. The van der Waals surface area contributed by atoms with Crippen LogP contribution in [0, 0.1) is 0 Å². The highest BCUT2D eigenvalue weighted by Crippen LogP contribution is 2.52. The molecule has 0 N–H and O–H groups in total. The van der Waals surface area contributed by atoms with E-state index in [1.165, 1.54) is 60.4 Å². The van der Waals surface area contributed by atoms with Gasteiger partial charge in [0, 0.05) is 49.5 Å². The molecule has 10 aromatic carbocycles. The predicted molar refractivity (Wildman–Crippen MR) is 269 cm³/mol. The van der Waals surface area contributed by atoms with Crippen LogP contribution in [0.25, 0.3) is 93.6 Å². The van der Waals surface area contributed by atoms with Gasteiger partial charge in [0.2, 0.25) is 0 Å². The number of hydrogen-bond acceptors (Lipinski definition) is 2. The van der Waals surface area contributed by atoms with Gasteiger partial charge in [-0.2, -0.15) is 0 Å². The Bertz CT molecular complexity index is 3770. The summed E-state index contributed by atoms with van der Waals surface area (Å²) < 4.78 is 9.36. The molecule has 0 fully saturated rings. The molecule has 0 bridgehead atoms. The number of nitrogens with zero attached hydrogens (tertiary/aromatic N) is 2. The first-order chi connectivity index (χ1) is 31.5. The Hall–Kier alpha value is -8.14. The van der Waals surface area contributed by atoms with Gasteiger partial charge in [-0.3, -0.25) is 0 Å². The van der Waals surface area contributed by atoms with Crippen LogP contribution in [-0.4, -0.2) is 4.57 Å². The van der Waals surface area contributed by atoms with Crippen LogP contribution >= 0.6 is 0 Å². The Kier molecular flexibility index (Phi) is 7.95. The third kappa shape index (κ3) is 5.41. The molecule has 0 aliphatic heterocycles. The maximum absolute atomic E-state index is 6.98. The van der Waals surface area contributed by atoms with Crippen LogP contribution in [0.1, 0.15) is 25.0 Å². The molecule has 0 amide bonds. The molecule has 0 saturated heterocycles. The highest BCUT2D eigenvalue weighted by molar-refractivity contribution is 6.14. The Morgan fingerprint density at radius 2 is 1.05 bits per heavy atom. The molecule has 2 aromatic heterocycles. The Morgan fingerprint density at radius 1 is 0.422 bits per heavy atom. The Labute approximate surface area is 371 Å². The van der Waals surface area contributed by atoms with Gasteiger partial charge in [-0.05, 0) is 111 Å². The molecule has 1 aliphatic carbocycles. The zero-order valence-corrected chi connectivity index (χ0v) is 35.6. The zero-order valence-electron chi connectivity index (χ0n) is 35.6. The second-order valence-electron chi connectivity index (χ2n) is 17.7. The van der Waals surface area contributed by atoms with E-state index >= 15 is 0 Å². The van der Waals surface area contributed by atoms with Crippen molar-refractivity contribution in [3.63, 3.8) is 0 Å². The van der Waals surface area contributed by atoms with E-state index in [4.69, 9.17) is 4.42 Å². The maximum Gasteiger partial charge on any atom is 0.145 e. The Balaban J connectivity index is 1.06. The van der Waals surface area contributed by atoms with E-state index in [9.17, 15) is 0 Å². The van der Waals surface area contributed by atoms with Gasteiger partial charge < -0.3 is 13.9 Å². The monoisotopic (exact) mass is 818 g/mol. The lowest BCUT2D eigenvalue weighted by Gasteiger charge is -2.30. The van der Waals surface area contributed by atoms with Gasteiger partial charge in [0.1, 0.15) is 11.2 Å². The lowest BCUT2D eigenvalue weighted by atomic mass is 9.81.